The fraction of sp³-hybridized carbons (Fsp3) is 0.188. The van der Waals surface area contributed by atoms with E-state index in [0.29, 0.717) is 16.8 Å². The summed E-state index contributed by atoms with van der Waals surface area (Å²) in [5, 5.41) is 8.73. The van der Waals surface area contributed by atoms with E-state index in [1.165, 1.54) is 0 Å². The zero-order valence-electron chi connectivity index (χ0n) is 11.9. The monoisotopic (exact) mass is 300 g/mol. The predicted molar refractivity (Wildman–Crippen MR) is 83.3 cm³/mol. The second kappa shape index (κ2) is 5.98. The zero-order valence-corrected chi connectivity index (χ0v) is 12.7. The van der Waals surface area contributed by atoms with Gasteiger partial charge in [-0.05, 0) is 54.8 Å². The van der Waals surface area contributed by atoms with Crippen LogP contribution < -0.4 is 4.72 Å². The summed E-state index contributed by atoms with van der Waals surface area (Å²) in [6, 6.07) is 14.1. The highest BCUT2D eigenvalue weighted by atomic mass is 32.2. The van der Waals surface area contributed by atoms with Gasteiger partial charge in [-0.25, -0.2) is 8.42 Å². The van der Waals surface area contributed by atoms with Gasteiger partial charge in [0.15, 0.2) is 0 Å². The predicted octanol–water partition coefficient (Wildman–Crippen LogP) is 3.12. The van der Waals surface area contributed by atoms with Gasteiger partial charge in [-0.1, -0.05) is 18.2 Å². The molecule has 5 heteroatoms. The largest absolute Gasteiger partial charge is 0.283 e. The van der Waals surface area contributed by atoms with Crippen LogP contribution in [-0.2, 0) is 15.8 Å². The molecule has 0 bridgehead atoms. The lowest BCUT2D eigenvalue weighted by atomic mass is 10.1. The summed E-state index contributed by atoms with van der Waals surface area (Å²) in [7, 11) is -3.47. The molecule has 21 heavy (non-hydrogen) atoms. The highest BCUT2D eigenvalue weighted by molar-refractivity contribution is 7.91. The summed E-state index contributed by atoms with van der Waals surface area (Å²) in [4.78, 5) is 0. The van der Waals surface area contributed by atoms with E-state index in [9.17, 15) is 8.42 Å². The van der Waals surface area contributed by atoms with E-state index >= 15 is 0 Å². The van der Waals surface area contributed by atoms with Crippen molar-refractivity contribution in [3.8, 4) is 6.07 Å². The van der Waals surface area contributed by atoms with E-state index in [0.717, 1.165) is 11.1 Å². The van der Waals surface area contributed by atoms with Crippen LogP contribution in [0.2, 0.25) is 0 Å². The average molecular weight is 300 g/mol. The van der Waals surface area contributed by atoms with Gasteiger partial charge >= 0.3 is 0 Å². The van der Waals surface area contributed by atoms with E-state index < -0.39 is 10.0 Å². The van der Waals surface area contributed by atoms with Gasteiger partial charge < -0.3 is 0 Å². The normalized spacial score (nSPS) is 10.9. The molecule has 0 aliphatic rings. The smallest absolute Gasteiger partial charge is 0.236 e. The van der Waals surface area contributed by atoms with Gasteiger partial charge in [0, 0.05) is 5.69 Å². The molecule has 0 atom stereocenters. The molecule has 0 fully saturated rings. The molecule has 1 N–H and O–H groups in total. The number of hydrogen-bond acceptors (Lipinski definition) is 3. The van der Waals surface area contributed by atoms with E-state index in [4.69, 9.17) is 5.26 Å². The van der Waals surface area contributed by atoms with Gasteiger partial charge in [0.2, 0.25) is 10.0 Å². The van der Waals surface area contributed by atoms with Crippen LogP contribution >= 0.6 is 0 Å². The van der Waals surface area contributed by atoms with Crippen molar-refractivity contribution < 1.29 is 8.42 Å². The number of anilines is 1. The van der Waals surface area contributed by atoms with Crippen molar-refractivity contribution in [2.24, 2.45) is 0 Å². The molecule has 0 aliphatic carbocycles. The minimum absolute atomic E-state index is 0.119. The number of hydrogen-bond donors (Lipinski definition) is 1. The first-order valence-electron chi connectivity index (χ1n) is 6.46. The molecular formula is C16H16N2O2S. The summed E-state index contributed by atoms with van der Waals surface area (Å²) in [6.07, 6.45) is 0. The number of nitrogens with zero attached hydrogens (tertiary/aromatic N) is 1. The Kier molecular flexibility index (Phi) is 4.29. The fourth-order valence-electron chi connectivity index (χ4n) is 2.14. The lowest BCUT2D eigenvalue weighted by molar-refractivity contribution is 0.600. The Balaban J connectivity index is 2.16. The summed E-state index contributed by atoms with van der Waals surface area (Å²) >= 11 is 0. The number of sulfonamides is 1. The summed E-state index contributed by atoms with van der Waals surface area (Å²) < 4.78 is 26.9. The van der Waals surface area contributed by atoms with Gasteiger partial charge in [-0.2, -0.15) is 5.26 Å². The maximum absolute atomic E-state index is 12.2. The van der Waals surface area contributed by atoms with Crippen molar-refractivity contribution in [2.45, 2.75) is 19.6 Å². The first-order valence-corrected chi connectivity index (χ1v) is 8.11. The second-order valence-corrected chi connectivity index (χ2v) is 6.77. The van der Waals surface area contributed by atoms with Crippen LogP contribution in [0.1, 0.15) is 22.3 Å². The Morgan fingerprint density at radius 2 is 1.62 bits per heavy atom. The Hall–Kier alpha value is -2.32. The molecule has 108 valence electrons. The molecular weight excluding hydrogens is 284 g/mol. The third-order valence-corrected chi connectivity index (χ3v) is 4.19. The molecule has 2 aromatic carbocycles. The number of benzene rings is 2. The molecule has 2 aromatic rings. The number of rotatable bonds is 4. The SMILES string of the molecule is Cc1cc(C)cc(NS(=O)(=O)Cc2ccc(C#N)cc2)c1. The summed E-state index contributed by atoms with van der Waals surface area (Å²) in [6.45, 7) is 3.84. The van der Waals surface area contributed by atoms with Gasteiger partial charge in [0.05, 0.1) is 17.4 Å². The van der Waals surface area contributed by atoms with Crippen molar-refractivity contribution in [1.29, 1.82) is 5.26 Å². The topological polar surface area (TPSA) is 70.0 Å². The van der Waals surface area contributed by atoms with Crippen molar-refractivity contribution in [3.05, 3.63) is 64.7 Å². The third-order valence-electron chi connectivity index (χ3n) is 2.93. The van der Waals surface area contributed by atoms with E-state index in [2.05, 4.69) is 4.72 Å². The molecule has 0 heterocycles. The van der Waals surface area contributed by atoms with Crippen LogP contribution in [0.4, 0.5) is 5.69 Å². The first kappa shape index (κ1) is 15.1. The maximum Gasteiger partial charge on any atom is 0.236 e. The van der Waals surface area contributed by atoms with Crippen LogP contribution in [0.3, 0.4) is 0 Å². The van der Waals surface area contributed by atoms with E-state index in [1.807, 2.05) is 26.0 Å². The second-order valence-electron chi connectivity index (χ2n) is 5.05. The zero-order chi connectivity index (χ0) is 15.5. The number of nitrogens with one attached hydrogen (secondary N) is 1. The quantitative estimate of drug-likeness (QED) is 0.943. The summed E-state index contributed by atoms with van der Waals surface area (Å²) in [5.41, 5.74) is 3.74. The molecule has 0 spiro atoms. The van der Waals surface area contributed by atoms with E-state index in [1.54, 1.807) is 36.4 Å². The Morgan fingerprint density at radius 3 is 2.14 bits per heavy atom. The average Bonchev–Trinajstić information content (AvgIpc) is 2.37. The standard InChI is InChI=1S/C16H16N2O2S/c1-12-7-13(2)9-16(8-12)18-21(19,20)11-15-5-3-14(10-17)4-6-15/h3-9,18H,11H2,1-2H3. The Labute approximate surface area is 125 Å². The molecule has 0 radical (unpaired) electrons. The Morgan fingerprint density at radius 1 is 1.05 bits per heavy atom. The van der Waals surface area contributed by atoms with Crippen LogP contribution in [-0.4, -0.2) is 8.42 Å². The van der Waals surface area contributed by atoms with Gasteiger partial charge in [-0.15, -0.1) is 0 Å². The highest BCUT2D eigenvalue weighted by Gasteiger charge is 2.12. The molecule has 0 aromatic heterocycles. The van der Waals surface area contributed by atoms with Crippen LogP contribution in [0.5, 0.6) is 0 Å². The van der Waals surface area contributed by atoms with Crippen molar-refractivity contribution >= 4 is 15.7 Å². The highest BCUT2D eigenvalue weighted by Crippen LogP contribution is 2.17. The lowest BCUT2D eigenvalue weighted by Crippen LogP contribution is -2.15. The lowest BCUT2D eigenvalue weighted by Gasteiger charge is -2.10. The molecule has 0 unspecified atom stereocenters. The Bertz CT molecular complexity index is 768. The van der Waals surface area contributed by atoms with Gasteiger partial charge in [-0.3, -0.25) is 4.72 Å². The molecule has 2 rings (SSSR count). The third kappa shape index (κ3) is 4.33. The molecule has 0 saturated heterocycles. The van der Waals surface area contributed by atoms with Crippen molar-refractivity contribution in [3.63, 3.8) is 0 Å². The van der Waals surface area contributed by atoms with Gasteiger partial charge in [0.25, 0.3) is 0 Å². The number of aryl methyl sites for hydroxylation is 2. The molecule has 0 aliphatic heterocycles. The molecule has 0 saturated carbocycles. The number of nitriles is 1. The van der Waals surface area contributed by atoms with Crippen LogP contribution in [0, 0.1) is 25.2 Å². The van der Waals surface area contributed by atoms with E-state index in [-0.39, 0.29) is 5.75 Å². The van der Waals surface area contributed by atoms with Crippen LogP contribution in [0.25, 0.3) is 0 Å². The van der Waals surface area contributed by atoms with Crippen molar-refractivity contribution in [1.82, 2.24) is 0 Å². The molecule has 0 amide bonds. The van der Waals surface area contributed by atoms with Crippen molar-refractivity contribution in [2.75, 3.05) is 4.72 Å². The summed E-state index contributed by atoms with van der Waals surface area (Å²) in [5.74, 6) is -0.119. The first-order chi connectivity index (χ1) is 9.88. The fourth-order valence-corrected chi connectivity index (χ4v) is 3.32. The minimum atomic E-state index is -3.47. The maximum atomic E-state index is 12.2. The molecule has 4 nitrogen and oxygen atoms in total. The van der Waals surface area contributed by atoms with Gasteiger partial charge in [0.1, 0.15) is 0 Å². The minimum Gasteiger partial charge on any atom is -0.283 e. The van der Waals surface area contributed by atoms with Crippen LogP contribution in [0.15, 0.2) is 42.5 Å².